The molecule has 26 heavy (non-hydrogen) atoms. The molecule has 0 aliphatic rings. The van der Waals surface area contributed by atoms with Crippen molar-refractivity contribution in [1.29, 1.82) is 0 Å². The molecule has 2 N–H and O–H groups in total. The molecule has 1 aromatic heterocycles. The van der Waals surface area contributed by atoms with E-state index in [2.05, 4.69) is 45.7 Å². The molecule has 3 aromatic rings. The normalized spacial score (nSPS) is 10.8. The first kappa shape index (κ1) is 18.2. The van der Waals surface area contributed by atoms with E-state index in [0.29, 0.717) is 11.5 Å². The first-order valence-electron chi connectivity index (χ1n) is 8.40. The fourth-order valence-electron chi connectivity index (χ4n) is 2.70. The van der Waals surface area contributed by atoms with E-state index in [1.54, 1.807) is 10.9 Å². The maximum Gasteiger partial charge on any atom is 0.269 e. The van der Waals surface area contributed by atoms with Crippen molar-refractivity contribution in [2.45, 2.75) is 19.8 Å². The van der Waals surface area contributed by atoms with Gasteiger partial charge < -0.3 is 0 Å². The Balaban J connectivity index is 1.70. The SMILES string of the molecule is CC(C)c1ccc(C(=O)NNc2cccc(-c3c(Br)cnn3C)c2)cc1. The summed E-state index contributed by atoms with van der Waals surface area (Å²) in [6.45, 7) is 4.26. The topological polar surface area (TPSA) is 59.0 Å². The maximum atomic E-state index is 12.3. The quantitative estimate of drug-likeness (QED) is 0.595. The van der Waals surface area contributed by atoms with Crippen LogP contribution in [0.15, 0.2) is 59.2 Å². The molecule has 3 rings (SSSR count). The first-order valence-corrected chi connectivity index (χ1v) is 9.19. The van der Waals surface area contributed by atoms with Crippen molar-refractivity contribution in [3.8, 4) is 11.3 Å². The van der Waals surface area contributed by atoms with Crippen molar-refractivity contribution in [2.24, 2.45) is 7.05 Å². The van der Waals surface area contributed by atoms with Gasteiger partial charge in [0.05, 0.1) is 22.1 Å². The van der Waals surface area contributed by atoms with Gasteiger partial charge in [-0.05, 0) is 51.7 Å². The summed E-state index contributed by atoms with van der Waals surface area (Å²) >= 11 is 3.51. The second-order valence-corrected chi connectivity index (χ2v) is 7.26. The summed E-state index contributed by atoms with van der Waals surface area (Å²) in [5, 5.41) is 4.24. The van der Waals surface area contributed by atoms with Gasteiger partial charge in [0.25, 0.3) is 5.91 Å². The van der Waals surface area contributed by atoms with Crippen LogP contribution in [0.2, 0.25) is 0 Å². The van der Waals surface area contributed by atoms with Crippen molar-refractivity contribution in [3.05, 3.63) is 70.3 Å². The number of nitrogens with one attached hydrogen (secondary N) is 2. The zero-order valence-corrected chi connectivity index (χ0v) is 16.5. The Bertz CT molecular complexity index is 896. The van der Waals surface area contributed by atoms with Gasteiger partial charge in [-0.15, -0.1) is 0 Å². The minimum atomic E-state index is -0.174. The fourth-order valence-corrected chi connectivity index (χ4v) is 3.28. The molecule has 6 heteroatoms. The summed E-state index contributed by atoms with van der Waals surface area (Å²) in [5.74, 6) is 0.270. The van der Waals surface area contributed by atoms with Crippen LogP contribution in [0.1, 0.15) is 35.7 Å². The molecule has 0 spiro atoms. The molecule has 0 atom stereocenters. The molecular formula is C20H21BrN4O. The van der Waals surface area contributed by atoms with Gasteiger partial charge in [-0.25, -0.2) is 0 Å². The number of hydrogen-bond donors (Lipinski definition) is 2. The highest BCUT2D eigenvalue weighted by atomic mass is 79.9. The number of amides is 1. The Morgan fingerprint density at radius 2 is 1.88 bits per heavy atom. The van der Waals surface area contributed by atoms with Crippen molar-refractivity contribution < 1.29 is 4.79 Å². The van der Waals surface area contributed by atoms with Gasteiger partial charge in [-0.2, -0.15) is 5.10 Å². The Kier molecular flexibility index (Phi) is 5.42. The molecule has 1 heterocycles. The lowest BCUT2D eigenvalue weighted by Gasteiger charge is -2.11. The Labute approximate surface area is 161 Å². The number of aromatic nitrogens is 2. The van der Waals surface area contributed by atoms with Crippen LogP contribution in [0.25, 0.3) is 11.3 Å². The van der Waals surface area contributed by atoms with Crippen molar-refractivity contribution in [1.82, 2.24) is 15.2 Å². The summed E-state index contributed by atoms with van der Waals surface area (Å²) in [4.78, 5) is 12.3. The molecule has 1 amide bonds. The van der Waals surface area contributed by atoms with Crippen LogP contribution in [-0.2, 0) is 7.05 Å². The highest BCUT2D eigenvalue weighted by Crippen LogP contribution is 2.28. The average Bonchev–Trinajstić information content (AvgIpc) is 2.98. The number of nitrogens with zero attached hydrogens (tertiary/aromatic N) is 2. The van der Waals surface area contributed by atoms with E-state index in [4.69, 9.17) is 0 Å². The zero-order valence-electron chi connectivity index (χ0n) is 15.0. The van der Waals surface area contributed by atoms with Crippen LogP contribution < -0.4 is 10.9 Å². The third-order valence-electron chi connectivity index (χ3n) is 4.19. The van der Waals surface area contributed by atoms with Crippen LogP contribution in [0, 0.1) is 0 Å². The van der Waals surface area contributed by atoms with Crippen LogP contribution in [0.3, 0.4) is 0 Å². The van der Waals surface area contributed by atoms with Crippen molar-refractivity contribution >= 4 is 27.5 Å². The predicted molar refractivity (Wildman–Crippen MR) is 108 cm³/mol. The molecule has 0 bridgehead atoms. The van der Waals surface area contributed by atoms with Crippen LogP contribution in [0.4, 0.5) is 5.69 Å². The summed E-state index contributed by atoms with van der Waals surface area (Å²) in [7, 11) is 1.89. The van der Waals surface area contributed by atoms with Gasteiger partial charge in [0, 0.05) is 18.2 Å². The summed E-state index contributed by atoms with van der Waals surface area (Å²) in [5.41, 5.74) is 10.3. The molecule has 134 valence electrons. The number of hydrazine groups is 1. The van der Waals surface area contributed by atoms with Gasteiger partial charge in [0.2, 0.25) is 0 Å². The molecule has 2 aromatic carbocycles. The van der Waals surface area contributed by atoms with E-state index in [0.717, 1.165) is 21.4 Å². The standard InChI is InChI=1S/C20H21BrN4O/c1-13(2)14-7-9-15(10-8-14)20(26)24-23-17-6-4-5-16(11-17)19-18(21)12-22-25(19)3/h4-13,23H,1-3H3,(H,24,26). The Hall–Kier alpha value is -2.60. The van der Waals surface area contributed by atoms with Crippen LogP contribution in [0.5, 0.6) is 0 Å². The van der Waals surface area contributed by atoms with E-state index < -0.39 is 0 Å². The van der Waals surface area contributed by atoms with Crippen molar-refractivity contribution in [3.63, 3.8) is 0 Å². The van der Waals surface area contributed by atoms with Crippen LogP contribution in [-0.4, -0.2) is 15.7 Å². The second kappa shape index (κ2) is 7.74. The molecule has 0 aliphatic heterocycles. The molecule has 0 saturated carbocycles. The number of halogens is 1. The third-order valence-corrected chi connectivity index (χ3v) is 4.77. The molecule has 0 unspecified atom stereocenters. The Morgan fingerprint density at radius 3 is 2.50 bits per heavy atom. The summed E-state index contributed by atoms with van der Waals surface area (Å²) in [6, 6.07) is 15.4. The van der Waals surface area contributed by atoms with Gasteiger partial charge in [0.15, 0.2) is 0 Å². The molecular weight excluding hydrogens is 392 g/mol. The summed E-state index contributed by atoms with van der Waals surface area (Å²) in [6.07, 6.45) is 1.76. The number of carbonyl (C=O) groups is 1. The number of benzene rings is 2. The number of anilines is 1. The molecule has 0 aliphatic carbocycles. The minimum Gasteiger partial charge on any atom is -0.298 e. The second-order valence-electron chi connectivity index (χ2n) is 6.40. The molecule has 0 saturated heterocycles. The van der Waals surface area contributed by atoms with E-state index in [1.807, 2.05) is 55.6 Å². The van der Waals surface area contributed by atoms with Crippen LogP contribution >= 0.6 is 15.9 Å². The summed E-state index contributed by atoms with van der Waals surface area (Å²) < 4.78 is 2.73. The third kappa shape index (κ3) is 3.96. The first-order chi connectivity index (χ1) is 12.5. The van der Waals surface area contributed by atoms with E-state index >= 15 is 0 Å². The molecule has 0 radical (unpaired) electrons. The lowest BCUT2D eigenvalue weighted by atomic mass is 10.0. The number of aryl methyl sites for hydroxylation is 1. The van der Waals surface area contributed by atoms with Gasteiger partial charge in [-0.1, -0.05) is 38.1 Å². The van der Waals surface area contributed by atoms with Gasteiger partial charge in [0.1, 0.15) is 0 Å². The highest BCUT2D eigenvalue weighted by Gasteiger charge is 2.10. The number of carbonyl (C=O) groups excluding carboxylic acids is 1. The smallest absolute Gasteiger partial charge is 0.269 e. The van der Waals surface area contributed by atoms with Gasteiger partial charge in [-0.3, -0.25) is 20.3 Å². The highest BCUT2D eigenvalue weighted by molar-refractivity contribution is 9.10. The van der Waals surface area contributed by atoms with Crippen molar-refractivity contribution in [2.75, 3.05) is 5.43 Å². The minimum absolute atomic E-state index is 0.174. The molecule has 5 nitrogen and oxygen atoms in total. The predicted octanol–water partition coefficient (Wildman–Crippen LogP) is 4.73. The molecule has 0 fully saturated rings. The Morgan fingerprint density at radius 1 is 1.15 bits per heavy atom. The number of rotatable bonds is 5. The largest absolute Gasteiger partial charge is 0.298 e. The van der Waals surface area contributed by atoms with E-state index in [9.17, 15) is 4.79 Å². The zero-order chi connectivity index (χ0) is 18.7. The lowest BCUT2D eigenvalue weighted by Crippen LogP contribution is -2.29. The fraction of sp³-hybridized carbons (Fsp3) is 0.200. The monoisotopic (exact) mass is 412 g/mol. The average molecular weight is 413 g/mol. The van der Waals surface area contributed by atoms with E-state index in [1.165, 1.54) is 5.56 Å². The van der Waals surface area contributed by atoms with Gasteiger partial charge >= 0.3 is 0 Å². The maximum absolute atomic E-state index is 12.3. The van der Waals surface area contributed by atoms with E-state index in [-0.39, 0.29) is 5.91 Å². The number of hydrogen-bond acceptors (Lipinski definition) is 3. The lowest BCUT2D eigenvalue weighted by molar-refractivity contribution is 0.0962.